The Bertz CT molecular complexity index is 2150. The van der Waals surface area contributed by atoms with Gasteiger partial charge in [0.25, 0.3) is 0 Å². The van der Waals surface area contributed by atoms with Crippen LogP contribution >= 0.6 is 11.3 Å². The van der Waals surface area contributed by atoms with Gasteiger partial charge in [-0.25, -0.2) is 15.0 Å². The van der Waals surface area contributed by atoms with E-state index in [9.17, 15) is 0 Å². The fourth-order valence-electron chi connectivity index (χ4n) is 5.34. The van der Waals surface area contributed by atoms with Gasteiger partial charge in [0, 0.05) is 41.9 Å². The number of hydrogen-bond acceptors (Lipinski definition) is 4. The van der Waals surface area contributed by atoms with Crippen LogP contribution < -0.4 is 0 Å². The summed E-state index contributed by atoms with van der Waals surface area (Å²) < 4.78 is 2.57. The van der Waals surface area contributed by atoms with Crippen molar-refractivity contribution < 1.29 is 0 Å². The molecule has 0 aliphatic heterocycles. The maximum atomic E-state index is 5.23. The summed E-state index contributed by atoms with van der Waals surface area (Å²) in [5.74, 6) is 0.644. The zero-order valence-corrected chi connectivity index (χ0v) is 20.5. The summed E-state index contributed by atoms with van der Waals surface area (Å²) >= 11 is 1.83. The number of aromatic nitrogens is 3. The second-order valence-corrected chi connectivity index (χ2v) is 10.3. The van der Waals surface area contributed by atoms with Crippen LogP contribution in [0.4, 0.5) is 0 Å². The molecule has 0 spiro atoms. The number of benzene rings is 5. The minimum absolute atomic E-state index is 0.644. The van der Waals surface area contributed by atoms with E-state index in [2.05, 4.69) is 84.9 Å². The maximum absolute atomic E-state index is 5.23. The standard InChI is InChI=1S/C33H19N3S/c1-2-10-20(11-3-1)31-24-15-6-8-16-27(24)35-33(36-31)32-23-14-5-4-12-21(23)25-19-30-26(18-28(25)34-32)22-13-7-9-17-29(22)37-30/h1-19H. The van der Waals surface area contributed by atoms with E-state index in [1.54, 1.807) is 0 Å². The molecule has 0 amide bonds. The molecule has 0 unspecified atom stereocenters. The third-order valence-electron chi connectivity index (χ3n) is 7.06. The van der Waals surface area contributed by atoms with Crippen LogP contribution in [0.3, 0.4) is 0 Å². The monoisotopic (exact) mass is 489 g/mol. The first-order valence-electron chi connectivity index (χ1n) is 12.3. The molecule has 0 fully saturated rings. The first-order chi connectivity index (χ1) is 18.3. The largest absolute Gasteiger partial charge is 0.244 e. The fraction of sp³-hybridized carbons (Fsp3) is 0. The van der Waals surface area contributed by atoms with Crippen LogP contribution in [0.25, 0.3) is 75.5 Å². The summed E-state index contributed by atoms with van der Waals surface area (Å²) in [5.41, 5.74) is 4.68. The van der Waals surface area contributed by atoms with Crippen molar-refractivity contribution in [1.29, 1.82) is 0 Å². The highest BCUT2D eigenvalue weighted by atomic mass is 32.1. The zero-order chi connectivity index (χ0) is 24.3. The predicted molar refractivity (Wildman–Crippen MR) is 156 cm³/mol. The van der Waals surface area contributed by atoms with E-state index in [0.717, 1.165) is 44.1 Å². The van der Waals surface area contributed by atoms with E-state index in [4.69, 9.17) is 15.0 Å². The van der Waals surface area contributed by atoms with Crippen LogP contribution in [-0.2, 0) is 0 Å². The molecule has 0 bridgehead atoms. The van der Waals surface area contributed by atoms with Crippen LogP contribution in [0.1, 0.15) is 0 Å². The zero-order valence-electron chi connectivity index (χ0n) is 19.7. The molecule has 0 radical (unpaired) electrons. The second kappa shape index (κ2) is 7.92. The van der Waals surface area contributed by atoms with Gasteiger partial charge in [-0.3, -0.25) is 0 Å². The Morgan fingerprint density at radius 1 is 0.405 bits per heavy atom. The number of fused-ring (bicyclic) bond motifs is 7. The molecule has 5 aromatic carbocycles. The molecule has 3 heterocycles. The van der Waals surface area contributed by atoms with Crippen LogP contribution in [0.2, 0.25) is 0 Å². The third kappa shape index (κ3) is 3.16. The Labute approximate surface area is 216 Å². The average molecular weight is 490 g/mol. The highest BCUT2D eigenvalue weighted by Gasteiger charge is 2.17. The number of rotatable bonds is 2. The van der Waals surface area contributed by atoms with Crippen molar-refractivity contribution in [1.82, 2.24) is 15.0 Å². The van der Waals surface area contributed by atoms with Gasteiger partial charge in [-0.15, -0.1) is 11.3 Å². The SMILES string of the molecule is c1ccc(-c2nc(-c3nc4cc5c(cc4c4ccccc34)sc3ccccc35)nc3ccccc23)cc1. The smallest absolute Gasteiger partial charge is 0.179 e. The van der Waals surface area contributed by atoms with Crippen molar-refractivity contribution in [2.75, 3.05) is 0 Å². The van der Waals surface area contributed by atoms with Crippen LogP contribution in [-0.4, -0.2) is 15.0 Å². The average Bonchev–Trinajstić information content (AvgIpc) is 3.33. The summed E-state index contributed by atoms with van der Waals surface area (Å²) in [5, 5.41) is 6.93. The Morgan fingerprint density at radius 3 is 1.97 bits per heavy atom. The van der Waals surface area contributed by atoms with Crippen molar-refractivity contribution in [2.24, 2.45) is 0 Å². The lowest BCUT2D eigenvalue weighted by Gasteiger charge is -2.12. The molecule has 3 nitrogen and oxygen atoms in total. The molecule has 172 valence electrons. The van der Waals surface area contributed by atoms with E-state index in [0.29, 0.717) is 5.82 Å². The Hall–Kier alpha value is -4.67. The Morgan fingerprint density at radius 2 is 1.11 bits per heavy atom. The number of pyridine rings is 1. The minimum atomic E-state index is 0.644. The van der Waals surface area contributed by atoms with E-state index in [-0.39, 0.29) is 0 Å². The molecule has 0 N–H and O–H groups in total. The molecule has 0 saturated heterocycles. The number of para-hydroxylation sites is 1. The van der Waals surface area contributed by atoms with Crippen molar-refractivity contribution in [3.63, 3.8) is 0 Å². The molecule has 0 atom stereocenters. The summed E-state index contributed by atoms with van der Waals surface area (Å²) in [6.07, 6.45) is 0. The quantitative estimate of drug-likeness (QED) is 0.227. The molecular weight excluding hydrogens is 470 g/mol. The van der Waals surface area contributed by atoms with Gasteiger partial charge in [0.15, 0.2) is 5.82 Å². The molecule has 3 aromatic heterocycles. The second-order valence-electron chi connectivity index (χ2n) is 9.25. The van der Waals surface area contributed by atoms with Gasteiger partial charge in [0.05, 0.1) is 16.7 Å². The number of nitrogens with zero attached hydrogens (tertiary/aromatic N) is 3. The number of thiophene rings is 1. The Kier molecular flexibility index (Phi) is 4.39. The molecule has 0 saturated carbocycles. The molecule has 0 aliphatic rings. The topological polar surface area (TPSA) is 38.7 Å². The van der Waals surface area contributed by atoms with Crippen LogP contribution in [0, 0.1) is 0 Å². The lowest BCUT2D eigenvalue weighted by Crippen LogP contribution is -1.98. The highest BCUT2D eigenvalue weighted by molar-refractivity contribution is 7.25. The molecule has 0 aliphatic carbocycles. The summed E-state index contributed by atoms with van der Waals surface area (Å²) in [6.45, 7) is 0. The molecule has 37 heavy (non-hydrogen) atoms. The normalized spacial score (nSPS) is 11.8. The van der Waals surface area contributed by atoms with Gasteiger partial charge in [0.2, 0.25) is 0 Å². The minimum Gasteiger partial charge on any atom is -0.244 e. The van der Waals surface area contributed by atoms with Gasteiger partial charge < -0.3 is 0 Å². The van der Waals surface area contributed by atoms with E-state index in [1.807, 2.05) is 41.7 Å². The van der Waals surface area contributed by atoms with Gasteiger partial charge in [-0.05, 0) is 29.7 Å². The Balaban J connectivity index is 1.48. The van der Waals surface area contributed by atoms with Crippen molar-refractivity contribution in [3.05, 3.63) is 115 Å². The fourth-order valence-corrected chi connectivity index (χ4v) is 6.47. The molecule has 8 rings (SSSR count). The van der Waals surface area contributed by atoms with E-state index < -0.39 is 0 Å². The summed E-state index contributed by atoms with van der Waals surface area (Å²) in [7, 11) is 0. The third-order valence-corrected chi connectivity index (χ3v) is 8.20. The van der Waals surface area contributed by atoms with E-state index in [1.165, 1.54) is 25.6 Å². The van der Waals surface area contributed by atoms with Crippen molar-refractivity contribution in [2.45, 2.75) is 0 Å². The van der Waals surface area contributed by atoms with Crippen LogP contribution in [0.5, 0.6) is 0 Å². The molecule has 4 heteroatoms. The molecular formula is C33H19N3S. The van der Waals surface area contributed by atoms with Crippen molar-refractivity contribution in [3.8, 4) is 22.8 Å². The molecule has 8 aromatic rings. The van der Waals surface area contributed by atoms with Gasteiger partial charge in [-0.2, -0.15) is 0 Å². The lowest BCUT2D eigenvalue weighted by atomic mass is 10.0. The van der Waals surface area contributed by atoms with Gasteiger partial charge in [-0.1, -0.05) is 91.0 Å². The highest BCUT2D eigenvalue weighted by Crippen LogP contribution is 2.39. The van der Waals surface area contributed by atoms with Crippen LogP contribution in [0.15, 0.2) is 115 Å². The first-order valence-corrected chi connectivity index (χ1v) is 13.1. The maximum Gasteiger partial charge on any atom is 0.179 e. The first kappa shape index (κ1) is 20.5. The van der Waals surface area contributed by atoms with Gasteiger partial charge >= 0.3 is 0 Å². The van der Waals surface area contributed by atoms with Crippen molar-refractivity contribution >= 4 is 64.1 Å². The van der Waals surface area contributed by atoms with E-state index >= 15 is 0 Å². The number of hydrogen-bond donors (Lipinski definition) is 0. The predicted octanol–water partition coefficient (Wildman–Crippen LogP) is 9.03. The summed E-state index contributed by atoms with van der Waals surface area (Å²) in [4.78, 5) is 15.4. The lowest BCUT2D eigenvalue weighted by molar-refractivity contribution is 1.20. The summed E-state index contributed by atoms with van der Waals surface area (Å²) in [6, 6.07) is 40.1. The van der Waals surface area contributed by atoms with Gasteiger partial charge in [0.1, 0.15) is 5.69 Å².